The van der Waals surface area contributed by atoms with E-state index in [1.165, 1.54) is 4.90 Å². The lowest BCUT2D eigenvalue weighted by atomic mass is 10.1. The fourth-order valence-corrected chi connectivity index (χ4v) is 3.87. The highest BCUT2D eigenvalue weighted by atomic mass is 35.5. The Labute approximate surface area is 216 Å². The maximum atomic E-state index is 13.4. The third kappa shape index (κ3) is 7.42. The van der Waals surface area contributed by atoms with Gasteiger partial charge < -0.3 is 29.0 Å². The molecule has 0 spiro atoms. The van der Waals surface area contributed by atoms with Gasteiger partial charge in [0, 0.05) is 23.3 Å². The molecule has 3 amide bonds. The quantitative estimate of drug-likeness (QED) is 0.368. The Balaban J connectivity index is 1.73. The summed E-state index contributed by atoms with van der Waals surface area (Å²) >= 11 is 6.04. The van der Waals surface area contributed by atoms with E-state index in [-0.39, 0.29) is 24.5 Å². The molecule has 2 aromatic carbocycles. The zero-order valence-electron chi connectivity index (χ0n) is 21.0. The number of nitrogens with one attached hydrogen (secondary N) is 1. The van der Waals surface area contributed by atoms with Crippen LogP contribution in [0.25, 0.3) is 0 Å². The Morgan fingerprint density at radius 3 is 2.44 bits per heavy atom. The minimum Gasteiger partial charge on any atom is -0.493 e. The zero-order valence-corrected chi connectivity index (χ0v) is 21.7. The number of urea groups is 1. The first-order chi connectivity index (χ1) is 17.3. The number of benzene rings is 2. The molecule has 1 heterocycles. The van der Waals surface area contributed by atoms with Crippen LogP contribution in [0.5, 0.6) is 11.5 Å². The van der Waals surface area contributed by atoms with Gasteiger partial charge >= 0.3 is 6.03 Å². The molecule has 9 heteroatoms. The van der Waals surface area contributed by atoms with E-state index in [1.54, 1.807) is 55.7 Å². The average Bonchev–Trinajstić information content (AvgIpc) is 3.37. The van der Waals surface area contributed by atoms with Crippen LogP contribution in [0.15, 0.2) is 65.3 Å². The van der Waals surface area contributed by atoms with Crippen molar-refractivity contribution in [1.82, 2.24) is 9.80 Å². The van der Waals surface area contributed by atoms with Crippen molar-refractivity contribution in [3.8, 4) is 11.5 Å². The highest BCUT2D eigenvalue weighted by Gasteiger charge is 2.24. The third-order valence-electron chi connectivity index (χ3n) is 5.66. The Hall–Kier alpha value is -3.65. The number of furan rings is 1. The molecule has 8 nitrogen and oxygen atoms in total. The van der Waals surface area contributed by atoms with Gasteiger partial charge in [-0.25, -0.2) is 4.79 Å². The molecule has 0 unspecified atom stereocenters. The van der Waals surface area contributed by atoms with Crippen molar-refractivity contribution in [1.29, 1.82) is 0 Å². The van der Waals surface area contributed by atoms with Gasteiger partial charge in [0.1, 0.15) is 12.3 Å². The Morgan fingerprint density at radius 2 is 1.81 bits per heavy atom. The summed E-state index contributed by atoms with van der Waals surface area (Å²) in [6.45, 7) is 4.37. The number of ether oxygens (including phenoxy) is 2. The van der Waals surface area contributed by atoms with Crippen molar-refractivity contribution in [2.24, 2.45) is 0 Å². The second kappa shape index (κ2) is 12.9. The molecule has 1 aromatic heterocycles. The first kappa shape index (κ1) is 26.9. The average molecular weight is 514 g/mol. The number of halogens is 1. The highest BCUT2D eigenvalue weighted by molar-refractivity contribution is 6.30. The van der Waals surface area contributed by atoms with Crippen LogP contribution in [0.2, 0.25) is 5.02 Å². The smallest absolute Gasteiger partial charge is 0.322 e. The van der Waals surface area contributed by atoms with Gasteiger partial charge in [0.2, 0.25) is 5.91 Å². The molecular formula is C27H32ClN3O5. The zero-order chi connectivity index (χ0) is 26.1. The van der Waals surface area contributed by atoms with Crippen molar-refractivity contribution >= 4 is 29.2 Å². The molecule has 0 aliphatic rings. The van der Waals surface area contributed by atoms with Crippen molar-refractivity contribution in [3.63, 3.8) is 0 Å². The Morgan fingerprint density at radius 1 is 1.03 bits per heavy atom. The highest BCUT2D eigenvalue weighted by Crippen LogP contribution is 2.28. The molecular weight excluding hydrogens is 482 g/mol. The Bertz CT molecular complexity index is 1150. The van der Waals surface area contributed by atoms with Crippen LogP contribution in [0, 0.1) is 0 Å². The molecule has 3 rings (SSSR count). The summed E-state index contributed by atoms with van der Waals surface area (Å²) in [7, 11) is 3.17. The lowest BCUT2D eigenvalue weighted by molar-refractivity contribution is -0.133. The topological polar surface area (TPSA) is 84.2 Å². The van der Waals surface area contributed by atoms with Crippen molar-refractivity contribution < 1.29 is 23.5 Å². The third-order valence-corrected chi connectivity index (χ3v) is 5.90. The fraction of sp³-hybridized carbons (Fsp3) is 0.333. The molecule has 0 bridgehead atoms. The molecule has 0 saturated heterocycles. The summed E-state index contributed by atoms with van der Waals surface area (Å²) in [4.78, 5) is 29.6. The number of hydrogen-bond donors (Lipinski definition) is 1. The number of nitrogens with zero attached hydrogens (tertiary/aromatic N) is 2. The number of rotatable bonds is 11. The predicted molar refractivity (Wildman–Crippen MR) is 140 cm³/mol. The summed E-state index contributed by atoms with van der Waals surface area (Å²) in [5, 5.41) is 3.34. The standard InChI is InChI=1S/C27H32ClN3O5/c1-19(2)31(27(33)29-22-8-5-7-21(28)16-22)18-26(32)30(17-23-9-6-14-36-23)13-12-20-10-11-24(34-3)25(15-20)35-4/h5-11,14-16,19H,12-13,17-18H2,1-4H3,(H,29,33). The Kier molecular flexibility index (Phi) is 9.64. The van der Waals surface area contributed by atoms with Gasteiger partial charge in [-0.2, -0.15) is 0 Å². The van der Waals surface area contributed by atoms with E-state index in [1.807, 2.05) is 38.1 Å². The van der Waals surface area contributed by atoms with Crippen molar-refractivity contribution in [3.05, 3.63) is 77.2 Å². The van der Waals surface area contributed by atoms with E-state index < -0.39 is 0 Å². The minimum atomic E-state index is -0.376. The normalized spacial score (nSPS) is 10.7. The van der Waals surface area contributed by atoms with Crippen LogP contribution in [0.4, 0.5) is 10.5 Å². The molecule has 0 atom stereocenters. The number of anilines is 1. The maximum Gasteiger partial charge on any atom is 0.322 e. The lowest BCUT2D eigenvalue weighted by Crippen LogP contribution is -2.47. The van der Waals surface area contributed by atoms with E-state index in [0.717, 1.165) is 5.56 Å². The maximum absolute atomic E-state index is 13.4. The molecule has 0 aliphatic carbocycles. The number of methoxy groups -OCH3 is 2. The summed E-state index contributed by atoms with van der Waals surface area (Å²) in [6.07, 6.45) is 2.16. The second-order valence-corrected chi connectivity index (χ2v) is 8.93. The summed E-state index contributed by atoms with van der Waals surface area (Å²) in [5.74, 6) is 1.74. The lowest BCUT2D eigenvalue weighted by Gasteiger charge is -2.30. The van der Waals surface area contributed by atoms with E-state index in [0.29, 0.717) is 47.5 Å². The first-order valence-electron chi connectivity index (χ1n) is 11.6. The summed E-state index contributed by atoms with van der Waals surface area (Å²) < 4.78 is 16.2. The van der Waals surface area contributed by atoms with Gasteiger partial charge in [-0.15, -0.1) is 0 Å². The van der Waals surface area contributed by atoms with Crippen molar-refractivity contribution in [2.45, 2.75) is 32.9 Å². The largest absolute Gasteiger partial charge is 0.493 e. The van der Waals surface area contributed by atoms with Gasteiger partial charge in [0.15, 0.2) is 11.5 Å². The van der Waals surface area contributed by atoms with Crippen LogP contribution in [-0.4, -0.2) is 55.1 Å². The van der Waals surface area contributed by atoms with Crippen LogP contribution in [-0.2, 0) is 17.8 Å². The molecule has 1 N–H and O–H groups in total. The molecule has 36 heavy (non-hydrogen) atoms. The SMILES string of the molecule is COc1ccc(CCN(Cc2ccco2)C(=O)CN(C(=O)Nc2cccc(Cl)c2)C(C)C)cc1OC. The molecule has 0 aliphatic heterocycles. The second-order valence-electron chi connectivity index (χ2n) is 8.50. The van der Waals surface area contributed by atoms with Crippen LogP contribution in [0.1, 0.15) is 25.2 Å². The van der Waals surface area contributed by atoms with Gasteiger partial charge in [-0.1, -0.05) is 23.7 Å². The first-order valence-corrected chi connectivity index (χ1v) is 12.0. The molecule has 0 fully saturated rings. The predicted octanol–water partition coefficient (Wildman–Crippen LogP) is 5.46. The number of carbonyl (C=O) groups excluding carboxylic acids is 2. The molecule has 3 aromatic rings. The van der Waals surface area contributed by atoms with E-state index >= 15 is 0 Å². The van der Waals surface area contributed by atoms with Gasteiger partial charge in [-0.3, -0.25) is 4.79 Å². The minimum absolute atomic E-state index is 0.0866. The summed E-state index contributed by atoms with van der Waals surface area (Å²) in [5.41, 5.74) is 1.55. The van der Waals surface area contributed by atoms with Crippen LogP contribution >= 0.6 is 11.6 Å². The molecule has 192 valence electrons. The molecule has 0 saturated carbocycles. The monoisotopic (exact) mass is 513 g/mol. The number of carbonyl (C=O) groups is 2. The van der Waals surface area contributed by atoms with Gasteiger partial charge in [-0.05, 0) is 68.3 Å². The molecule has 0 radical (unpaired) electrons. The number of hydrogen-bond acceptors (Lipinski definition) is 5. The van der Waals surface area contributed by atoms with Gasteiger partial charge in [0.25, 0.3) is 0 Å². The summed E-state index contributed by atoms with van der Waals surface area (Å²) in [6, 6.07) is 15.6. The van der Waals surface area contributed by atoms with E-state index in [9.17, 15) is 9.59 Å². The van der Waals surface area contributed by atoms with E-state index in [2.05, 4.69) is 5.32 Å². The van der Waals surface area contributed by atoms with Gasteiger partial charge in [0.05, 0.1) is 27.0 Å². The fourth-order valence-electron chi connectivity index (χ4n) is 3.68. The number of amides is 3. The van der Waals surface area contributed by atoms with Crippen molar-refractivity contribution in [2.75, 3.05) is 32.6 Å². The van der Waals surface area contributed by atoms with Crippen LogP contribution < -0.4 is 14.8 Å². The van der Waals surface area contributed by atoms with E-state index in [4.69, 9.17) is 25.5 Å². The van der Waals surface area contributed by atoms with Crippen LogP contribution in [0.3, 0.4) is 0 Å².